The summed E-state index contributed by atoms with van der Waals surface area (Å²) < 4.78 is 36.9. The molecule has 2 rings (SSSR count). The largest absolute Gasteiger partial charge is 0.401 e. The second-order valence-electron chi connectivity index (χ2n) is 5.08. The molecule has 2 heterocycles. The second kappa shape index (κ2) is 6.72. The van der Waals surface area contributed by atoms with E-state index in [9.17, 15) is 13.2 Å². The van der Waals surface area contributed by atoms with Gasteiger partial charge in [-0.2, -0.15) is 18.4 Å². The van der Waals surface area contributed by atoms with Crippen LogP contribution in [0.2, 0.25) is 0 Å². The molecule has 114 valence electrons. The maximum absolute atomic E-state index is 12.3. The fourth-order valence-corrected chi connectivity index (χ4v) is 2.39. The summed E-state index contributed by atoms with van der Waals surface area (Å²) in [6.45, 7) is 0.637. The molecule has 0 radical (unpaired) electrons. The summed E-state index contributed by atoms with van der Waals surface area (Å²) in [7, 11) is 0. The molecule has 1 saturated heterocycles. The number of nitriles is 1. The van der Waals surface area contributed by atoms with E-state index in [1.807, 2.05) is 6.07 Å². The zero-order valence-electron chi connectivity index (χ0n) is 11.4. The van der Waals surface area contributed by atoms with Crippen LogP contribution >= 0.6 is 0 Å². The van der Waals surface area contributed by atoms with Gasteiger partial charge in [0.2, 0.25) is 0 Å². The molecular formula is C13H16F3N5. The van der Waals surface area contributed by atoms with Crippen LogP contribution in [0.4, 0.5) is 19.0 Å². The molecule has 1 aromatic rings. The van der Waals surface area contributed by atoms with E-state index in [4.69, 9.17) is 5.26 Å². The Morgan fingerprint density at radius 3 is 2.57 bits per heavy atom. The molecule has 5 nitrogen and oxygen atoms in total. The number of hydrogen-bond donors (Lipinski definition) is 1. The molecule has 0 saturated carbocycles. The van der Waals surface area contributed by atoms with Gasteiger partial charge in [-0.25, -0.2) is 9.97 Å². The number of likely N-dealkylation sites (tertiary alicyclic amines) is 1. The van der Waals surface area contributed by atoms with Gasteiger partial charge < -0.3 is 5.32 Å². The van der Waals surface area contributed by atoms with Crippen LogP contribution in [0.1, 0.15) is 18.5 Å². The Morgan fingerprint density at radius 1 is 1.29 bits per heavy atom. The lowest BCUT2D eigenvalue weighted by Gasteiger charge is -2.32. The number of aromatic nitrogens is 2. The van der Waals surface area contributed by atoms with Crippen molar-refractivity contribution in [2.24, 2.45) is 5.92 Å². The fourth-order valence-electron chi connectivity index (χ4n) is 2.39. The number of nitrogens with zero attached hydrogens (tertiary/aromatic N) is 4. The van der Waals surface area contributed by atoms with Crippen molar-refractivity contribution in [1.29, 1.82) is 5.26 Å². The number of halogens is 3. The third-order valence-corrected chi connectivity index (χ3v) is 3.47. The van der Waals surface area contributed by atoms with Crippen molar-refractivity contribution in [3.63, 3.8) is 0 Å². The standard InChI is InChI=1S/C13H16F3N5/c14-13(15,16)9-21-5-1-10(2-6-21)8-20-12-11(7-17)18-3-4-19-12/h3-4,10H,1-2,5-6,8-9H2,(H,19,20). The van der Waals surface area contributed by atoms with Crippen LogP contribution in [0.3, 0.4) is 0 Å². The third-order valence-electron chi connectivity index (χ3n) is 3.47. The van der Waals surface area contributed by atoms with Gasteiger partial charge in [0.25, 0.3) is 0 Å². The summed E-state index contributed by atoms with van der Waals surface area (Å²) in [4.78, 5) is 9.37. The predicted octanol–water partition coefficient (Wildman–Crippen LogP) is 2.03. The van der Waals surface area contributed by atoms with Gasteiger partial charge in [-0.1, -0.05) is 0 Å². The normalized spacial score (nSPS) is 17.4. The molecule has 1 aliphatic rings. The fraction of sp³-hybridized carbons (Fsp3) is 0.615. The summed E-state index contributed by atoms with van der Waals surface area (Å²) in [6, 6.07) is 1.95. The van der Waals surface area contributed by atoms with Crippen molar-refractivity contribution < 1.29 is 13.2 Å². The minimum atomic E-state index is -4.13. The van der Waals surface area contributed by atoms with Gasteiger partial charge in [-0.3, -0.25) is 4.90 Å². The van der Waals surface area contributed by atoms with E-state index in [-0.39, 0.29) is 11.6 Å². The van der Waals surface area contributed by atoms with Crippen LogP contribution in [0.15, 0.2) is 12.4 Å². The van der Waals surface area contributed by atoms with Crippen molar-refractivity contribution in [3.8, 4) is 6.07 Å². The Balaban J connectivity index is 1.78. The summed E-state index contributed by atoms with van der Waals surface area (Å²) in [5.41, 5.74) is 0.229. The molecule has 1 fully saturated rings. The molecule has 0 aromatic carbocycles. The second-order valence-corrected chi connectivity index (χ2v) is 5.08. The highest BCUT2D eigenvalue weighted by Crippen LogP contribution is 2.22. The lowest BCUT2D eigenvalue weighted by Crippen LogP contribution is -2.41. The minimum Gasteiger partial charge on any atom is -0.367 e. The zero-order chi connectivity index (χ0) is 15.3. The maximum atomic E-state index is 12.3. The Morgan fingerprint density at radius 2 is 1.95 bits per heavy atom. The van der Waals surface area contributed by atoms with Gasteiger partial charge in [0.1, 0.15) is 6.07 Å². The van der Waals surface area contributed by atoms with Gasteiger partial charge in [-0.15, -0.1) is 0 Å². The highest BCUT2D eigenvalue weighted by molar-refractivity contribution is 5.46. The van der Waals surface area contributed by atoms with Crippen LogP contribution in [0.5, 0.6) is 0 Å². The van der Waals surface area contributed by atoms with E-state index in [0.29, 0.717) is 38.3 Å². The van der Waals surface area contributed by atoms with E-state index >= 15 is 0 Å². The van der Waals surface area contributed by atoms with Gasteiger partial charge in [0, 0.05) is 18.9 Å². The molecule has 1 N–H and O–H groups in total. The van der Waals surface area contributed by atoms with Gasteiger partial charge >= 0.3 is 6.18 Å². The smallest absolute Gasteiger partial charge is 0.367 e. The summed E-state index contributed by atoms with van der Waals surface area (Å²) in [5, 5.41) is 12.0. The monoisotopic (exact) mass is 299 g/mol. The summed E-state index contributed by atoms with van der Waals surface area (Å²) >= 11 is 0. The first kappa shape index (κ1) is 15.5. The molecule has 0 unspecified atom stereocenters. The van der Waals surface area contributed by atoms with Crippen molar-refractivity contribution >= 4 is 5.82 Å². The van der Waals surface area contributed by atoms with E-state index in [0.717, 1.165) is 0 Å². The first-order chi connectivity index (χ1) is 9.98. The van der Waals surface area contributed by atoms with E-state index in [1.54, 1.807) is 0 Å². The summed E-state index contributed by atoms with van der Waals surface area (Å²) in [5.74, 6) is 0.709. The number of nitrogens with one attached hydrogen (secondary N) is 1. The molecule has 21 heavy (non-hydrogen) atoms. The first-order valence-electron chi connectivity index (χ1n) is 6.72. The number of rotatable bonds is 4. The number of hydrogen-bond acceptors (Lipinski definition) is 5. The van der Waals surface area contributed by atoms with Crippen molar-refractivity contribution in [2.45, 2.75) is 19.0 Å². The van der Waals surface area contributed by atoms with Gasteiger partial charge in [0.05, 0.1) is 6.54 Å². The number of piperidine rings is 1. The lowest BCUT2D eigenvalue weighted by atomic mass is 9.97. The molecule has 0 bridgehead atoms. The van der Waals surface area contributed by atoms with Crippen LogP contribution in [0.25, 0.3) is 0 Å². The average molecular weight is 299 g/mol. The van der Waals surface area contributed by atoms with E-state index in [1.165, 1.54) is 17.3 Å². The van der Waals surface area contributed by atoms with Crippen LogP contribution < -0.4 is 5.32 Å². The Kier molecular flexibility index (Phi) is 4.96. The topological polar surface area (TPSA) is 64.8 Å². The molecule has 0 amide bonds. The number of alkyl halides is 3. The van der Waals surface area contributed by atoms with Crippen LogP contribution in [-0.4, -0.2) is 47.2 Å². The lowest BCUT2D eigenvalue weighted by molar-refractivity contribution is -0.148. The Bertz CT molecular complexity index is 503. The average Bonchev–Trinajstić information content (AvgIpc) is 2.45. The zero-order valence-corrected chi connectivity index (χ0v) is 11.4. The quantitative estimate of drug-likeness (QED) is 0.921. The maximum Gasteiger partial charge on any atom is 0.401 e. The van der Waals surface area contributed by atoms with Crippen molar-refractivity contribution in [1.82, 2.24) is 14.9 Å². The van der Waals surface area contributed by atoms with Gasteiger partial charge in [-0.05, 0) is 31.8 Å². The highest BCUT2D eigenvalue weighted by atomic mass is 19.4. The Labute approximate surface area is 120 Å². The molecule has 0 aliphatic carbocycles. The van der Waals surface area contributed by atoms with Crippen LogP contribution in [-0.2, 0) is 0 Å². The molecule has 8 heteroatoms. The Hall–Kier alpha value is -1.88. The molecule has 1 aromatic heterocycles. The molecule has 1 aliphatic heterocycles. The molecular weight excluding hydrogens is 283 g/mol. The van der Waals surface area contributed by atoms with E-state index in [2.05, 4.69) is 15.3 Å². The molecule has 0 spiro atoms. The molecule has 0 atom stereocenters. The first-order valence-corrected chi connectivity index (χ1v) is 6.72. The summed E-state index contributed by atoms with van der Waals surface area (Å²) in [6.07, 6.45) is 0.206. The van der Waals surface area contributed by atoms with E-state index < -0.39 is 12.7 Å². The predicted molar refractivity (Wildman–Crippen MR) is 70.5 cm³/mol. The minimum absolute atomic E-state index is 0.229. The van der Waals surface area contributed by atoms with Crippen molar-refractivity contribution in [2.75, 3.05) is 31.5 Å². The van der Waals surface area contributed by atoms with Crippen molar-refractivity contribution in [3.05, 3.63) is 18.1 Å². The highest BCUT2D eigenvalue weighted by Gasteiger charge is 2.32. The third kappa shape index (κ3) is 4.86. The van der Waals surface area contributed by atoms with Gasteiger partial charge in [0.15, 0.2) is 11.5 Å². The number of anilines is 1. The van der Waals surface area contributed by atoms with Crippen LogP contribution in [0, 0.1) is 17.2 Å². The SMILES string of the molecule is N#Cc1nccnc1NCC1CCN(CC(F)(F)F)CC1.